The zero-order valence-electron chi connectivity index (χ0n) is 14.4. The molecule has 0 unspecified atom stereocenters. The number of aromatic nitrogens is 4. The third-order valence-electron chi connectivity index (χ3n) is 4.08. The Morgan fingerprint density at radius 3 is 2.88 bits per heavy atom. The second-order valence-electron chi connectivity index (χ2n) is 5.92. The van der Waals surface area contributed by atoms with Gasteiger partial charge in [0, 0.05) is 30.3 Å². The molecule has 26 heavy (non-hydrogen) atoms. The molecule has 0 spiro atoms. The van der Waals surface area contributed by atoms with E-state index in [9.17, 15) is 4.79 Å². The maximum absolute atomic E-state index is 11.2. The Bertz CT molecular complexity index is 1100. The summed E-state index contributed by atoms with van der Waals surface area (Å²) in [5.74, 6) is 0.779. The molecule has 7 nitrogen and oxygen atoms in total. The van der Waals surface area contributed by atoms with Gasteiger partial charge in [-0.25, -0.2) is 4.98 Å². The molecule has 0 saturated carbocycles. The van der Waals surface area contributed by atoms with Gasteiger partial charge in [0.2, 0.25) is 11.7 Å². The summed E-state index contributed by atoms with van der Waals surface area (Å²) in [5, 5.41) is 6.84. The average Bonchev–Trinajstić information content (AvgIpc) is 3.28. The number of benzene rings is 2. The first-order valence-electron chi connectivity index (χ1n) is 8.31. The Morgan fingerprint density at radius 2 is 2.08 bits per heavy atom. The fraction of sp³-hybridized carbons (Fsp3) is 0.158. The van der Waals surface area contributed by atoms with Crippen molar-refractivity contribution in [2.75, 3.05) is 5.32 Å². The minimum absolute atomic E-state index is 0.130. The molecule has 2 aromatic carbocycles. The van der Waals surface area contributed by atoms with E-state index in [1.807, 2.05) is 42.7 Å². The van der Waals surface area contributed by atoms with Crippen LogP contribution < -0.4 is 5.32 Å². The summed E-state index contributed by atoms with van der Waals surface area (Å²) in [7, 11) is 0. The molecular weight excluding hydrogens is 330 g/mol. The topological polar surface area (TPSA) is 85.8 Å². The molecule has 0 fully saturated rings. The first-order chi connectivity index (χ1) is 12.6. The number of rotatable bonds is 4. The van der Waals surface area contributed by atoms with E-state index in [2.05, 4.69) is 31.9 Å². The minimum Gasteiger partial charge on any atom is -0.334 e. The number of amides is 1. The van der Waals surface area contributed by atoms with Gasteiger partial charge in [-0.2, -0.15) is 4.98 Å². The van der Waals surface area contributed by atoms with E-state index in [1.165, 1.54) is 6.92 Å². The van der Waals surface area contributed by atoms with Crippen molar-refractivity contribution in [1.82, 2.24) is 19.7 Å². The van der Waals surface area contributed by atoms with Crippen LogP contribution in [0, 0.1) is 0 Å². The SMILES string of the molecule is CCn1cnc2ccc(-c3noc(-c4cccc(NC(C)=O)c4)n3)cc21. The Hall–Kier alpha value is -3.48. The van der Waals surface area contributed by atoms with Crippen molar-refractivity contribution < 1.29 is 9.32 Å². The van der Waals surface area contributed by atoms with Gasteiger partial charge >= 0.3 is 0 Å². The second kappa shape index (κ2) is 6.44. The molecule has 1 N–H and O–H groups in total. The van der Waals surface area contributed by atoms with E-state index in [0.29, 0.717) is 17.4 Å². The molecule has 0 bridgehead atoms. The van der Waals surface area contributed by atoms with Gasteiger partial charge in [0.1, 0.15) is 0 Å². The van der Waals surface area contributed by atoms with Crippen LogP contribution in [-0.2, 0) is 11.3 Å². The predicted octanol–water partition coefficient (Wildman–Crippen LogP) is 3.73. The maximum atomic E-state index is 11.2. The van der Waals surface area contributed by atoms with Gasteiger partial charge in [-0.05, 0) is 43.3 Å². The molecule has 0 aliphatic carbocycles. The quantitative estimate of drug-likeness (QED) is 0.608. The number of aryl methyl sites for hydroxylation is 1. The Kier molecular flexibility index (Phi) is 3.96. The van der Waals surface area contributed by atoms with E-state index in [1.54, 1.807) is 6.07 Å². The number of hydrogen-bond donors (Lipinski definition) is 1. The van der Waals surface area contributed by atoms with E-state index in [-0.39, 0.29) is 5.91 Å². The molecular formula is C19H17N5O2. The lowest BCUT2D eigenvalue weighted by atomic mass is 10.2. The zero-order chi connectivity index (χ0) is 18.1. The van der Waals surface area contributed by atoms with Crippen molar-refractivity contribution >= 4 is 22.6 Å². The van der Waals surface area contributed by atoms with E-state index < -0.39 is 0 Å². The van der Waals surface area contributed by atoms with Crippen LogP contribution in [0.5, 0.6) is 0 Å². The maximum Gasteiger partial charge on any atom is 0.258 e. The molecule has 1 amide bonds. The van der Waals surface area contributed by atoms with Crippen LogP contribution in [0.2, 0.25) is 0 Å². The Balaban J connectivity index is 1.69. The van der Waals surface area contributed by atoms with Crippen LogP contribution in [0.3, 0.4) is 0 Å². The standard InChI is InChI=1S/C19H17N5O2/c1-3-24-11-20-16-8-7-13(10-17(16)24)18-22-19(26-23-18)14-5-4-6-15(9-14)21-12(2)25/h4-11H,3H2,1-2H3,(H,21,25). The number of carbonyl (C=O) groups is 1. The third kappa shape index (κ3) is 2.95. The van der Waals surface area contributed by atoms with Crippen LogP contribution >= 0.6 is 0 Å². The number of carbonyl (C=O) groups excluding carboxylic acids is 1. The number of hydrogen-bond acceptors (Lipinski definition) is 5. The number of imidazole rings is 1. The number of anilines is 1. The molecule has 7 heteroatoms. The smallest absolute Gasteiger partial charge is 0.258 e. The molecule has 0 radical (unpaired) electrons. The van der Waals surface area contributed by atoms with Crippen molar-refractivity contribution in [3.63, 3.8) is 0 Å². The Morgan fingerprint density at radius 1 is 1.19 bits per heavy atom. The first-order valence-corrected chi connectivity index (χ1v) is 8.31. The number of nitrogens with one attached hydrogen (secondary N) is 1. The normalized spacial score (nSPS) is 11.0. The van der Waals surface area contributed by atoms with Gasteiger partial charge in [0.25, 0.3) is 5.89 Å². The van der Waals surface area contributed by atoms with Crippen LogP contribution in [0.15, 0.2) is 53.3 Å². The molecule has 0 aliphatic heterocycles. The summed E-state index contributed by atoms with van der Waals surface area (Å²) in [6, 6.07) is 13.2. The fourth-order valence-corrected chi connectivity index (χ4v) is 2.84. The summed E-state index contributed by atoms with van der Waals surface area (Å²) in [6.07, 6.45) is 1.82. The summed E-state index contributed by atoms with van der Waals surface area (Å²) in [5.41, 5.74) is 4.25. The number of fused-ring (bicyclic) bond motifs is 1. The van der Waals surface area contributed by atoms with Gasteiger partial charge in [-0.15, -0.1) is 0 Å². The molecule has 0 aliphatic rings. The van der Waals surface area contributed by atoms with Gasteiger partial charge in [0.05, 0.1) is 17.4 Å². The van der Waals surface area contributed by atoms with Crippen molar-refractivity contribution in [2.45, 2.75) is 20.4 Å². The molecule has 130 valence electrons. The van der Waals surface area contributed by atoms with Crippen molar-refractivity contribution in [3.05, 3.63) is 48.8 Å². The van der Waals surface area contributed by atoms with Crippen molar-refractivity contribution in [2.24, 2.45) is 0 Å². The molecule has 4 aromatic rings. The predicted molar refractivity (Wildman–Crippen MR) is 98.4 cm³/mol. The summed E-state index contributed by atoms with van der Waals surface area (Å²) in [6.45, 7) is 4.38. The van der Waals surface area contributed by atoms with Crippen LogP contribution in [0.4, 0.5) is 5.69 Å². The van der Waals surface area contributed by atoms with Gasteiger partial charge < -0.3 is 14.4 Å². The lowest BCUT2D eigenvalue weighted by Crippen LogP contribution is -2.05. The second-order valence-corrected chi connectivity index (χ2v) is 5.92. The van der Waals surface area contributed by atoms with Crippen molar-refractivity contribution in [3.8, 4) is 22.8 Å². The largest absolute Gasteiger partial charge is 0.334 e. The fourth-order valence-electron chi connectivity index (χ4n) is 2.84. The highest BCUT2D eigenvalue weighted by atomic mass is 16.5. The molecule has 0 saturated heterocycles. The molecule has 2 heterocycles. The van der Waals surface area contributed by atoms with Crippen molar-refractivity contribution in [1.29, 1.82) is 0 Å². The highest BCUT2D eigenvalue weighted by molar-refractivity contribution is 5.89. The summed E-state index contributed by atoms with van der Waals surface area (Å²) >= 11 is 0. The Labute approximate surface area is 149 Å². The monoisotopic (exact) mass is 347 g/mol. The highest BCUT2D eigenvalue weighted by Crippen LogP contribution is 2.26. The van der Waals surface area contributed by atoms with Crippen LogP contribution in [-0.4, -0.2) is 25.6 Å². The van der Waals surface area contributed by atoms with E-state index in [4.69, 9.17) is 4.52 Å². The highest BCUT2D eigenvalue weighted by Gasteiger charge is 2.13. The van der Waals surface area contributed by atoms with Gasteiger partial charge in [0.15, 0.2) is 0 Å². The molecule has 0 atom stereocenters. The van der Waals surface area contributed by atoms with Gasteiger partial charge in [-0.1, -0.05) is 11.2 Å². The summed E-state index contributed by atoms with van der Waals surface area (Å²) in [4.78, 5) is 20.1. The van der Waals surface area contributed by atoms with Crippen LogP contribution in [0.1, 0.15) is 13.8 Å². The lowest BCUT2D eigenvalue weighted by molar-refractivity contribution is -0.114. The van der Waals surface area contributed by atoms with Gasteiger partial charge in [-0.3, -0.25) is 4.79 Å². The number of nitrogens with zero attached hydrogens (tertiary/aromatic N) is 4. The minimum atomic E-state index is -0.130. The summed E-state index contributed by atoms with van der Waals surface area (Å²) < 4.78 is 7.49. The average molecular weight is 347 g/mol. The third-order valence-corrected chi connectivity index (χ3v) is 4.08. The van der Waals surface area contributed by atoms with E-state index >= 15 is 0 Å². The van der Waals surface area contributed by atoms with E-state index in [0.717, 1.165) is 28.7 Å². The van der Waals surface area contributed by atoms with Crippen LogP contribution in [0.25, 0.3) is 33.9 Å². The first kappa shape index (κ1) is 16.0. The zero-order valence-corrected chi connectivity index (χ0v) is 14.4. The molecule has 4 rings (SSSR count). The molecule has 2 aromatic heterocycles. The lowest BCUT2D eigenvalue weighted by Gasteiger charge is -2.02.